The zero-order valence-electron chi connectivity index (χ0n) is 16.8. The molecule has 2 aliphatic rings. The summed E-state index contributed by atoms with van der Waals surface area (Å²) in [6, 6.07) is 5.49. The quantitative estimate of drug-likeness (QED) is 0.766. The molecule has 28 heavy (non-hydrogen) atoms. The molecule has 3 rings (SSSR count). The molecule has 0 unspecified atom stereocenters. The Hall–Kier alpha value is -2.30. The molecule has 2 aliphatic carbocycles. The number of ketones is 3. The second-order valence-electron chi connectivity index (χ2n) is 9.76. The number of carbonyl (C=O) groups excluding carboxylic acids is 3. The maximum absolute atomic E-state index is 13.5. The molecule has 0 radical (unpaired) electrons. The van der Waals surface area contributed by atoms with Gasteiger partial charge >= 0.3 is 0 Å². The van der Waals surface area contributed by atoms with Gasteiger partial charge in [0.15, 0.2) is 5.78 Å². The van der Waals surface area contributed by atoms with Gasteiger partial charge in [-0.05, 0) is 28.5 Å². The molecule has 0 spiro atoms. The highest BCUT2D eigenvalue weighted by atomic mass is 19.1. The highest BCUT2D eigenvalue weighted by Crippen LogP contribution is 2.47. The Bertz CT molecular complexity index is 841. The summed E-state index contributed by atoms with van der Waals surface area (Å²) in [5, 5.41) is 10.7. The van der Waals surface area contributed by atoms with E-state index in [0.717, 1.165) is 0 Å². The van der Waals surface area contributed by atoms with Gasteiger partial charge < -0.3 is 5.11 Å². The molecule has 0 bridgehead atoms. The van der Waals surface area contributed by atoms with Gasteiger partial charge in [-0.25, -0.2) is 4.39 Å². The van der Waals surface area contributed by atoms with Crippen molar-refractivity contribution in [3.63, 3.8) is 0 Å². The summed E-state index contributed by atoms with van der Waals surface area (Å²) in [4.78, 5) is 38.9. The number of Topliss-reactive ketones (excluding diaryl/α,β-unsaturated/α-hetero) is 3. The van der Waals surface area contributed by atoms with Gasteiger partial charge in [-0.2, -0.15) is 0 Å². The van der Waals surface area contributed by atoms with Gasteiger partial charge in [0.2, 0.25) is 0 Å². The van der Waals surface area contributed by atoms with Gasteiger partial charge in [0, 0.05) is 37.2 Å². The lowest BCUT2D eigenvalue weighted by Crippen LogP contribution is -2.43. The number of hydrogen-bond acceptors (Lipinski definition) is 4. The molecule has 0 saturated heterocycles. The molecule has 0 heterocycles. The van der Waals surface area contributed by atoms with Crippen molar-refractivity contribution in [3.05, 3.63) is 47.0 Å². The highest BCUT2D eigenvalue weighted by molar-refractivity contribution is 6.09. The fraction of sp³-hybridized carbons (Fsp3) is 0.522. The molecule has 4 nitrogen and oxygen atoms in total. The predicted molar refractivity (Wildman–Crippen MR) is 103 cm³/mol. The summed E-state index contributed by atoms with van der Waals surface area (Å²) in [5.74, 6) is -3.13. The van der Waals surface area contributed by atoms with E-state index in [0.29, 0.717) is 12.0 Å². The molecule has 150 valence electrons. The van der Waals surface area contributed by atoms with Crippen LogP contribution in [0.2, 0.25) is 0 Å². The number of aliphatic hydroxyl groups is 1. The number of hydrogen-bond donors (Lipinski definition) is 1. The smallest absolute Gasteiger partial charge is 0.163 e. The number of allylic oxidation sites excluding steroid dienone is 2. The van der Waals surface area contributed by atoms with E-state index in [1.807, 2.05) is 27.7 Å². The maximum Gasteiger partial charge on any atom is 0.163 e. The van der Waals surface area contributed by atoms with Crippen molar-refractivity contribution >= 4 is 17.3 Å². The van der Waals surface area contributed by atoms with Gasteiger partial charge in [-0.15, -0.1) is 0 Å². The SMILES string of the molecule is CC1(C)CC(=O)C([C@H](C2=C(O)CC(C)(C)CC2=O)c2ccc(F)cc2)C(=O)C1. The van der Waals surface area contributed by atoms with Crippen LogP contribution in [0, 0.1) is 22.6 Å². The Labute approximate surface area is 164 Å². The Kier molecular flexibility index (Phi) is 5.07. The van der Waals surface area contributed by atoms with Crippen LogP contribution < -0.4 is 0 Å². The molecule has 1 fully saturated rings. The van der Waals surface area contributed by atoms with Gasteiger partial charge in [-0.1, -0.05) is 39.8 Å². The van der Waals surface area contributed by atoms with Crippen LogP contribution in [-0.2, 0) is 14.4 Å². The third-order valence-electron chi connectivity index (χ3n) is 5.77. The van der Waals surface area contributed by atoms with E-state index in [4.69, 9.17) is 0 Å². The first kappa shape index (κ1) is 20.4. The largest absolute Gasteiger partial charge is 0.512 e. The summed E-state index contributed by atoms with van der Waals surface area (Å²) < 4.78 is 13.5. The molecule has 0 amide bonds. The Morgan fingerprint density at radius 1 is 0.893 bits per heavy atom. The fourth-order valence-electron chi connectivity index (χ4n) is 4.63. The van der Waals surface area contributed by atoms with Crippen molar-refractivity contribution < 1.29 is 23.9 Å². The minimum Gasteiger partial charge on any atom is -0.512 e. The molecular formula is C23H27FO4. The summed E-state index contributed by atoms with van der Waals surface area (Å²) in [6.07, 6.45) is 0.987. The molecule has 1 aromatic rings. The minimum atomic E-state index is -1.03. The van der Waals surface area contributed by atoms with Crippen LogP contribution in [-0.4, -0.2) is 22.5 Å². The summed E-state index contributed by atoms with van der Waals surface area (Å²) in [6.45, 7) is 7.53. The van der Waals surface area contributed by atoms with Gasteiger partial charge in [-0.3, -0.25) is 14.4 Å². The lowest BCUT2D eigenvalue weighted by molar-refractivity contribution is -0.140. The van der Waals surface area contributed by atoms with Crippen molar-refractivity contribution in [2.75, 3.05) is 0 Å². The number of carbonyl (C=O) groups is 3. The van der Waals surface area contributed by atoms with Crippen LogP contribution >= 0.6 is 0 Å². The molecule has 1 atom stereocenters. The lowest BCUT2D eigenvalue weighted by Gasteiger charge is -2.39. The topological polar surface area (TPSA) is 71.4 Å². The third-order valence-corrected chi connectivity index (χ3v) is 5.77. The van der Waals surface area contributed by atoms with E-state index in [1.165, 1.54) is 24.3 Å². The first-order valence-electron chi connectivity index (χ1n) is 9.66. The number of benzene rings is 1. The Morgan fingerprint density at radius 3 is 1.89 bits per heavy atom. The minimum absolute atomic E-state index is 0.0685. The monoisotopic (exact) mass is 386 g/mol. The maximum atomic E-state index is 13.5. The molecular weight excluding hydrogens is 359 g/mol. The third kappa shape index (κ3) is 3.94. The molecule has 0 aromatic heterocycles. The van der Waals surface area contributed by atoms with Crippen molar-refractivity contribution in [1.82, 2.24) is 0 Å². The predicted octanol–water partition coefficient (Wildman–Crippen LogP) is 4.68. The number of halogens is 1. The van der Waals surface area contributed by atoms with Crippen LogP contribution in [0.1, 0.15) is 64.9 Å². The van der Waals surface area contributed by atoms with Crippen molar-refractivity contribution in [2.24, 2.45) is 16.7 Å². The zero-order valence-corrected chi connectivity index (χ0v) is 16.8. The summed E-state index contributed by atoms with van der Waals surface area (Å²) in [7, 11) is 0. The molecule has 1 saturated carbocycles. The van der Waals surface area contributed by atoms with Crippen LogP contribution in [0.15, 0.2) is 35.6 Å². The first-order valence-corrected chi connectivity index (χ1v) is 9.66. The van der Waals surface area contributed by atoms with Crippen molar-refractivity contribution in [3.8, 4) is 0 Å². The van der Waals surface area contributed by atoms with E-state index < -0.39 is 23.1 Å². The van der Waals surface area contributed by atoms with Crippen LogP contribution in [0.3, 0.4) is 0 Å². The van der Waals surface area contributed by atoms with Gasteiger partial charge in [0.1, 0.15) is 23.1 Å². The van der Waals surface area contributed by atoms with E-state index in [2.05, 4.69) is 0 Å². The van der Waals surface area contributed by atoms with Gasteiger partial charge in [0.25, 0.3) is 0 Å². The normalized spacial score (nSPS) is 23.8. The van der Waals surface area contributed by atoms with Gasteiger partial charge in [0.05, 0.1) is 5.92 Å². The molecule has 1 N–H and O–H groups in total. The number of aliphatic hydroxyl groups excluding tert-OH is 1. The Balaban J connectivity index is 2.14. The average Bonchev–Trinajstić information content (AvgIpc) is 2.50. The standard InChI is InChI=1S/C23H27FO4/c1-22(2)9-15(25)20(16(26)10-22)19(13-5-7-14(24)8-6-13)21-17(27)11-23(3,4)12-18(21)28/h5-8,19-20,27H,9-12H2,1-4H3/t19-/m1/s1. The second-order valence-corrected chi connectivity index (χ2v) is 9.76. The van der Waals surface area contributed by atoms with Crippen LogP contribution in [0.4, 0.5) is 4.39 Å². The molecule has 1 aromatic carbocycles. The number of rotatable bonds is 3. The van der Waals surface area contributed by atoms with E-state index in [9.17, 15) is 23.9 Å². The van der Waals surface area contributed by atoms with Crippen LogP contribution in [0.25, 0.3) is 0 Å². The van der Waals surface area contributed by atoms with E-state index in [-0.39, 0.29) is 53.4 Å². The second kappa shape index (κ2) is 6.94. The fourth-order valence-corrected chi connectivity index (χ4v) is 4.63. The average molecular weight is 386 g/mol. The van der Waals surface area contributed by atoms with E-state index in [1.54, 1.807) is 0 Å². The molecule has 0 aliphatic heterocycles. The highest BCUT2D eigenvalue weighted by Gasteiger charge is 2.48. The zero-order chi connectivity index (χ0) is 20.9. The summed E-state index contributed by atoms with van der Waals surface area (Å²) in [5.41, 5.74) is -0.173. The van der Waals surface area contributed by atoms with Crippen molar-refractivity contribution in [1.29, 1.82) is 0 Å². The van der Waals surface area contributed by atoms with Crippen molar-refractivity contribution in [2.45, 2.75) is 59.3 Å². The van der Waals surface area contributed by atoms with Crippen LogP contribution in [0.5, 0.6) is 0 Å². The lowest BCUT2D eigenvalue weighted by atomic mass is 9.62. The first-order chi connectivity index (χ1) is 12.9. The summed E-state index contributed by atoms with van der Waals surface area (Å²) >= 11 is 0. The molecule has 5 heteroatoms. The Morgan fingerprint density at radius 2 is 1.39 bits per heavy atom. The van der Waals surface area contributed by atoms with E-state index >= 15 is 0 Å².